The fourth-order valence-corrected chi connectivity index (χ4v) is 2.52. The molecule has 0 bridgehead atoms. The van der Waals surface area contributed by atoms with Crippen LogP contribution >= 0.6 is 0 Å². The van der Waals surface area contributed by atoms with E-state index in [1.807, 2.05) is 30.3 Å². The number of imidazole rings is 1. The Hall–Kier alpha value is -1.85. The molecule has 3 N–H and O–H groups in total. The Morgan fingerprint density at radius 1 is 1.21 bits per heavy atom. The van der Waals surface area contributed by atoms with Crippen LogP contribution in [0.2, 0.25) is 0 Å². The van der Waals surface area contributed by atoms with Gasteiger partial charge >= 0.3 is 0 Å². The van der Waals surface area contributed by atoms with Crippen LogP contribution in [-0.2, 0) is 0 Å². The highest BCUT2D eigenvalue weighted by molar-refractivity contribution is 5.23. The second-order valence-electron chi connectivity index (χ2n) is 4.73. The molecule has 0 aliphatic carbocycles. The molecule has 0 spiro atoms. The zero-order chi connectivity index (χ0) is 13.1. The Bertz CT molecular complexity index is 501. The summed E-state index contributed by atoms with van der Waals surface area (Å²) in [5, 5.41) is 13.4. The van der Waals surface area contributed by atoms with Gasteiger partial charge in [0.05, 0.1) is 18.3 Å². The molecule has 1 aromatic heterocycles. The number of hydrogen-bond acceptors (Lipinski definition) is 4. The second kappa shape index (κ2) is 5.42. The molecule has 1 aromatic carbocycles. The summed E-state index contributed by atoms with van der Waals surface area (Å²) >= 11 is 0. The zero-order valence-corrected chi connectivity index (χ0v) is 10.5. The van der Waals surface area contributed by atoms with Gasteiger partial charge in [-0.15, -0.1) is 0 Å². The molecule has 2 aromatic rings. The molecule has 19 heavy (non-hydrogen) atoms. The number of ether oxygens (including phenoxy) is 1. The molecule has 5 heteroatoms. The van der Waals surface area contributed by atoms with Crippen molar-refractivity contribution in [3.05, 3.63) is 48.5 Å². The smallest absolute Gasteiger partial charge is 0.122 e. The van der Waals surface area contributed by atoms with Crippen molar-refractivity contribution in [2.24, 2.45) is 0 Å². The van der Waals surface area contributed by atoms with E-state index in [0.29, 0.717) is 13.1 Å². The third kappa shape index (κ3) is 2.62. The first-order valence-electron chi connectivity index (χ1n) is 6.43. The van der Waals surface area contributed by atoms with Gasteiger partial charge in [0.25, 0.3) is 0 Å². The number of β-amino-alcohol motifs (C(OH)–C–C–N with tert-alkyl or cyclic N) is 1. The van der Waals surface area contributed by atoms with Crippen LogP contribution in [0.5, 0.6) is 5.75 Å². The number of aliphatic hydroxyl groups excluding tert-OH is 1. The number of benzene rings is 1. The quantitative estimate of drug-likeness (QED) is 0.766. The van der Waals surface area contributed by atoms with Crippen molar-refractivity contribution in [2.45, 2.75) is 18.1 Å². The Kier molecular flexibility index (Phi) is 3.48. The molecule has 3 atom stereocenters. The molecular formula is C14H17N3O2. The van der Waals surface area contributed by atoms with E-state index < -0.39 is 6.10 Å². The summed E-state index contributed by atoms with van der Waals surface area (Å²) in [6, 6.07) is 9.67. The summed E-state index contributed by atoms with van der Waals surface area (Å²) in [5.74, 6) is 0.719. The lowest BCUT2D eigenvalue weighted by molar-refractivity contribution is 0.0378. The maximum absolute atomic E-state index is 10.2. The number of nitrogens with one attached hydrogen (secondary N) is 2. The molecule has 0 saturated carbocycles. The van der Waals surface area contributed by atoms with Crippen LogP contribution in [0.25, 0.3) is 0 Å². The molecule has 1 aliphatic heterocycles. The number of para-hydroxylation sites is 1. The van der Waals surface area contributed by atoms with E-state index >= 15 is 0 Å². The van der Waals surface area contributed by atoms with Crippen molar-refractivity contribution in [3.63, 3.8) is 0 Å². The van der Waals surface area contributed by atoms with Gasteiger partial charge in [0.1, 0.15) is 11.9 Å². The zero-order valence-electron chi connectivity index (χ0n) is 10.5. The van der Waals surface area contributed by atoms with E-state index in [0.717, 1.165) is 11.4 Å². The van der Waals surface area contributed by atoms with Gasteiger partial charge in [0.2, 0.25) is 0 Å². The molecule has 1 saturated heterocycles. The fourth-order valence-electron chi connectivity index (χ4n) is 2.52. The first kappa shape index (κ1) is 12.2. The van der Waals surface area contributed by atoms with Gasteiger partial charge in [-0.1, -0.05) is 18.2 Å². The van der Waals surface area contributed by atoms with Crippen molar-refractivity contribution in [1.29, 1.82) is 0 Å². The van der Waals surface area contributed by atoms with Crippen LogP contribution < -0.4 is 10.1 Å². The highest BCUT2D eigenvalue weighted by Gasteiger charge is 2.35. The fraction of sp³-hybridized carbons (Fsp3) is 0.357. The maximum atomic E-state index is 10.2. The molecule has 0 unspecified atom stereocenters. The summed E-state index contributed by atoms with van der Waals surface area (Å²) in [4.78, 5) is 7.10. The number of aromatic amines is 1. The number of piperidine rings is 1. The van der Waals surface area contributed by atoms with E-state index in [1.54, 1.807) is 12.5 Å². The number of rotatable bonds is 3. The first-order valence-corrected chi connectivity index (χ1v) is 6.43. The van der Waals surface area contributed by atoms with Crippen molar-refractivity contribution in [3.8, 4) is 5.75 Å². The van der Waals surface area contributed by atoms with Crippen molar-refractivity contribution >= 4 is 0 Å². The van der Waals surface area contributed by atoms with E-state index in [1.165, 1.54) is 0 Å². The summed E-state index contributed by atoms with van der Waals surface area (Å²) in [6.45, 7) is 1.27. The van der Waals surface area contributed by atoms with E-state index in [4.69, 9.17) is 4.74 Å². The third-order valence-corrected chi connectivity index (χ3v) is 3.42. The lowest BCUT2D eigenvalue weighted by Crippen LogP contribution is -2.51. The third-order valence-electron chi connectivity index (χ3n) is 3.42. The summed E-state index contributed by atoms with van der Waals surface area (Å²) < 4.78 is 5.99. The van der Waals surface area contributed by atoms with Crippen LogP contribution in [0.1, 0.15) is 11.6 Å². The SMILES string of the molecule is O[C@@H]1CNC[C@@H](Oc2ccccc2)[C@@H]1c1cnc[nH]1. The number of H-pyrrole nitrogens is 1. The predicted octanol–water partition coefficient (Wildman–Crippen LogP) is 0.905. The monoisotopic (exact) mass is 259 g/mol. The molecule has 1 fully saturated rings. The van der Waals surface area contributed by atoms with Crippen LogP contribution in [0, 0.1) is 0 Å². The van der Waals surface area contributed by atoms with Crippen molar-refractivity contribution in [2.75, 3.05) is 13.1 Å². The highest BCUT2D eigenvalue weighted by Crippen LogP contribution is 2.27. The average molecular weight is 259 g/mol. The summed E-state index contributed by atoms with van der Waals surface area (Å²) in [6.07, 6.45) is 2.78. The first-order chi connectivity index (χ1) is 9.34. The molecule has 5 nitrogen and oxygen atoms in total. The number of aromatic nitrogens is 2. The highest BCUT2D eigenvalue weighted by atomic mass is 16.5. The maximum Gasteiger partial charge on any atom is 0.122 e. The number of hydrogen-bond donors (Lipinski definition) is 3. The van der Waals surface area contributed by atoms with E-state index in [9.17, 15) is 5.11 Å². The lowest BCUT2D eigenvalue weighted by atomic mass is 9.89. The Morgan fingerprint density at radius 2 is 2.05 bits per heavy atom. The van der Waals surface area contributed by atoms with Crippen LogP contribution in [0.4, 0.5) is 0 Å². The van der Waals surface area contributed by atoms with Crippen LogP contribution in [-0.4, -0.2) is 40.4 Å². The van der Waals surface area contributed by atoms with E-state index in [2.05, 4.69) is 15.3 Å². The van der Waals surface area contributed by atoms with Gasteiger partial charge < -0.3 is 20.1 Å². The van der Waals surface area contributed by atoms with Gasteiger partial charge in [-0.2, -0.15) is 0 Å². The summed E-state index contributed by atoms with van der Waals surface area (Å²) in [7, 11) is 0. The summed E-state index contributed by atoms with van der Waals surface area (Å²) in [5.41, 5.74) is 0.912. The van der Waals surface area contributed by atoms with Gasteiger partial charge in [-0.05, 0) is 12.1 Å². The molecular weight excluding hydrogens is 242 g/mol. The van der Waals surface area contributed by atoms with E-state index in [-0.39, 0.29) is 12.0 Å². The average Bonchev–Trinajstić information content (AvgIpc) is 2.94. The normalized spacial score (nSPS) is 27.1. The predicted molar refractivity (Wildman–Crippen MR) is 71.1 cm³/mol. The number of aliphatic hydroxyl groups is 1. The molecule has 2 heterocycles. The molecule has 3 rings (SSSR count). The minimum Gasteiger partial charge on any atom is -0.488 e. The van der Waals surface area contributed by atoms with Crippen LogP contribution in [0.3, 0.4) is 0 Å². The largest absolute Gasteiger partial charge is 0.488 e. The molecule has 0 amide bonds. The molecule has 1 aliphatic rings. The van der Waals surface area contributed by atoms with Gasteiger partial charge in [0.15, 0.2) is 0 Å². The Balaban J connectivity index is 1.81. The van der Waals surface area contributed by atoms with Crippen molar-refractivity contribution < 1.29 is 9.84 Å². The standard InChI is InChI=1S/C14H17N3O2/c18-12-7-15-8-13(14(12)11-6-16-9-17-11)19-10-4-2-1-3-5-10/h1-6,9,12-15,18H,7-8H2,(H,16,17)/t12-,13-,14-/m1/s1. The number of nitrogens with zero attached hydrogens (tertiary/aromatic N) is 1. The second-order valence-corrected chi connectivity index (χ2v) is 4.73. The minimum absolute atomic E-state index is 0.0936. The van der Waals surface area contributed by atoms with Gasteiger partial charge in [-0.3, -0.25) is 0 Å². The molecule has 100 valence electrons. The minimum atomic E-state index is -0.483. The van der Waals surface area contributed by atoms with Gasteiger partial charge in [-0.25, -0.2) is 4.98 Å². The lowest BCUT2D eigenvalue weighted by Gasteiger charge is -2.35. The molecule has 0 radical (unpaired) electrons. The van der Waals surface area contributed by atoms with Crippen molar-refractivity contribution in [1.82, 2.24) is 15.3 Å². The topological polar surface area (TPSA) is 70.2 Å². The Morgan fingerprint density at radius 3 is 2.79 bits per heavy atom. The Labute approximate surface area is 111 Å². The van der Waals surface area contributed by atoms with Crippen LogP contribution in [0.15, 0.2) is 42.9 Å². The van der Waals surface area contributed by atoms with Gasteiger partial charge in [0, 0.05) is 25.0 Å².